The number of aliphatic hydroxyl groups is 1. The number of hydrogen-bond acceptors (Lipinski definition) is 9. The summed E-state index contributed by atoms with van der Waals surface area (Å²) >= 11 is 6.84. The van der Waals surface area contributed by atoms with Crippen LogP contribution in [0, 0.1) is 18.3 Å². The molecule has 2 fully saturated rings. The Hall–Kier alpha value is -4.66. The summed E-state index contributed by atoms with van der Waals surface area (Å²) in [6.45, 7) is 6.81. The van der Waals surface area contributed by atoms with Gasteiger partial charge in [0.1, 0.15) is 42.6 Å². The zero-order valence-electron chi connectivity index (χ0n) is 30.2. The van der Waals surface area contributed by atoms with Gasteiger partial charge in [0, 0.05) is 49.2 Å². The van der Waals surface area contributed by atoms with E-state index < -0.39 is 12.0 Å². The van der Waals surface area contributed by atoms with Crippen molar-refractivity contribution in [1.82, 2.24) is 14.8 Å². The van der Waals surface area contributed by atoms with Crippen LogP contribution in [-0.4, -0.2) is 75.9 Å². The average molecular weight is 739 g/mol. The van der Waals surface area contributed by atoms with Crippen molar-refractivity contribution >= 4 is 17.6 Å². The molecule has 0 unspecified atom stereocenters. The lowest BCUT2D eigenvalue weighted by molar-refractivity contribution is -0.144. The molecule has 2 atom stereocenters. The predicted molar refractivity (Wildman–Crippen MR) is 203 cm³/mol. The Balaban J connectivity index is 1.15. The van der Waals surface area contributed by atoms with E-state index in [1.165, 1.54) is 6.20 Å². The third-order valence-corrected chi connectivity index (χ3v) is 10.3. The monoisotopic (exact) mass is 738 g/mol. The van der Waals surface area contributed by atoms with Gasteiger partial charge >= 0.3 is 5.97 Å². The number of halogens is 1. The van der Waals surface area contributed by atoms with Crippen molar-refractivity contribution in [1.29, 1.82) is 5.26 Å². The summed E-state index contributed by atoms with van der Waals surface area (Å²) in [4.78, 5) is 20.5. The van der Waals surface area contributed by atoms with E-state index >= 15 is 0 Å². The van der Waals surface area contributed by atoms with Gasteiger partial charge in [0.15, 0.2) is 0 Å². The Labute approximate surface area is 316 Å². The van der Waals surface area contributed by atoms with Crippen LogP contribution >= 0.6 is 11.6 Å². The lowest BCUT2D eigenvalue weighted by Gasteiger charge is -2.33. The quantitative estimate of drug-likeness (QED) is 0.119. The lowest BCUT2D eigenvalue weighted by Crippen LogP contribution is -2.44. The molecule has 0 spiro atoms. The van der Waals surface area contributed by atoms with Crippen LogP contribution in [0.1, 0.15) is 66.3 Å². The molecule has 53 heavy (non-hydrogen) atoms. The molecule has 4 aromatic rings. The van der Waals surface area contributed by atoms with Crippen LogP contribution in [-0.2, 0) is 24.6 Å². The number of likely N-dealkylation sites (tertiary alicyclic amines) is 2. The number of carboxylic acids is 1. The van der Waals surface area contributed by atoms with Gasteiger partial charge in [-0.1, -0.05) is 48.4 Å². The molecule has 2 aliphatic rings. The van der Waals surface area contributed by atoms with E-state index in [1.807, 2.05) is 29.2 Å². The molecule has 0 radical (unpaired) electrons. The van der Waals surface area contributed by atoms with E-state index in [-0.39, 0.29) is 19.3 Å². The Kier molecular flexibility index (Phi) is 13.2. The van der Waals surface area contributed by atoms with Crippen LogP contribution < -0.4 is 14.2 Å². The molecule has 10 nitrogen and oxygen atoms in total. The second kappa shape index (κ2) is 18.4. The van der Waals surface area contributed by atoms with E-state index in [9.17, 15) is 20.3 Å². The number of aliphatic hydroxyl groups excluding tert-OH is 1. The zero-order valence-corrected chi connectivity index (χ0v) is 30.9. The number of nitrogens with zero attached hydrogens (tertiary/aromatic N) is 4. The summed E-state index contributed by atoms with van der Waals surface area (Å²) in [5.74, 6) is 0.954. The maximum Gasteiger partial charge on any atom is 0.320 e. The van der Waals surface area contributed by atoms with Crippen LogP contribution in [0.2, 0.25) is 5.02 Å². The molecule has 2 aliphatic heterocycles. The first-order valence-corrected chi connectivity index (χ1v) is 18.8. The third kappa shape index (κ3) is 10.3. The maximum atomic E-state index is 12.1. The first-order chi connectivity index (χ1) is 25.8. The molecular weight excluding hydrogens is 692 g/mol. The van der Waals surface area contributed by atoms with E-state index in [0.29, 0.717) is 48.2 Å². The Bertz CT molecular complexity index is 1920. The molecule has 278 valence electrons. The molecule has 1 aromatic heterocycles. The average Bonchev–Trinajstić information content (AvgIpc) is 3.16. The largest absolute Gasteiger partial charge is 0.494 e. The third-order valence-electron chi connectivity index (χ3n) is 10.0. The minimum absolute atomic E-state index is 0.158. The highest BCUT2D eigenvalue weighted by atomic mass is 35.5. The van der Waals surface area contributed by atoms with Gasteiger partial charge in [-0.25, -0.2) is 0 Å². The molecule has 0 aliphatic carbocycles. The van der Waals surface area contributed by atoms with Crippen molar-refractivity contribution in [3.8, 4) is 34.4 Å². The highest BCUT2D eigenvalue weighted by Crippen LogP contribution is 2.36. The van der Waals surface area contributed by atoms with E-state index in [0.717, 1.165) is 90.9 Å². The number of carbonyl (C=O) groups is 1. The highest BCUT2D eigenvalue weighted by molar-refractivity contribution is 6.32. The first kappa shape index (κ1) is 38.1. The topological polar surface area (TPSA) is 128 Å². The smallest absolute Gasteiger partial charge is 0.320 e. The van der Waals surface area contributed by atoms with E-state index in [4.69, 9.17) is 25.8 Å². The van der Waals surface area contributed by atoms with Gasteiger partial charge in [-0.05, 0) is 98.6 Å². The second-order valence-electron chi connectivity index (χ2n) is 13.9. The molecule has 0 bridgehead atoms. The number of aliphatic carboxylic acids is 1. The number of aromatic nitrogens is 1. The fourth-order valence-corrected chi connectivity index (χ4v) is 7.43. The number of piperidine rings is 2. The number of hydrogen-bond donors (Lipinski definition) is 2. The van der Waals surface area contributed by atoms with Crippen molar-refractivity contribution in [3.05, 3.63) is 106 Å². The number of nitriles is 1. The minimum Gasteiger partial charge on any atom is -0.494 e. The molecule has 11 heteroatoms. The lowest BCUT2D eigenvalue weighted by atomic mass is 9.96. The summed E-state index contributed by atoms with van der Waals surface area (Å²) in [7, 11) is 0. The van der Waals surface area contributed by atoms with Crippen LogP contribution in [0.15, 0.2) is 73.1 Å². The molecule has 0 amide bonds. The number of β-amino-alcohol motifs (C(OH)–C–C–N with tert-alkyl or cyclic N) is 1. The maximum absolute atomic E-state index is 12.1. The van der Waals surface area contributed by atoms with Crippen molar-refractivity contribution < 1.29 is 29.2 Å². The Morgan fingerprint density at radius 1 is 0.962 bits per heavy atom. The van der Waals surface area contributed by atoms with Gasteiger partial charge in [-0.3, -0.25) is 14.7 Å². The first-order valence-electron chi connectivity index (χ1n) is 18.4. The van der Waals surface area contributed by atoms with Crippen LogP contribution in [0.25, 0.3) is 11.1 Å². The van der Waals surface area contributed by atoms with Crippen LogP contribution in [0.4, 0.5) is 0 Å². The fraction of sp³-hybridized carbons (Fsp3) is 0.405. The molecule has 2 saturated heterocycles. The van der Waals surface area contributed by atoms with Crippen molar-refractivity contribution in [2.24, 2.45) is 0 Å². The summed E-state index contributed by atoms with van der Waals surface area (Å²) < 4.78 is 18.8. The summed E-state index contributed by atoms with van der Waals surface area (Å²) in [5.41, 5.74) is 6.12. The molecular formula is C42H47ClN4O6. The number of pyridine rings is 1. The van der Waals surface area contributed by atoms with Crippen LogP contribution in [0.3, 0.4) is 0 Å². The standard InChI is InChI=1S/C42H47ClN4O6/c1-29-33(9-5-12-37(29)32-8-4-11-36(19-32)51-17-7-15-46-14-6-10-35(48)26-46)28-53-41-21-40(52-27-31-18-30(22-44)23-45-24-31)34(20-38(41)43)25-47-16-3-2-13-39(47)42(49)50/h4-5,8-9,11-12,18-21,23-24,35,39,48H,2-3,6-7,10,13-17,25-28H2,1H3,(H,49,50)/t35-,39+/m1/s1. The van der Waals surface area contributed by atoms with E-state index in [1.54, 1.807) is 24.4 Å². The number of benzene rings is 3. The molecule has 3 aromatic carbocycles. The van der Waals surface area contributed by atoms with Gasteiger partial charge < -0.3 is 29.3 Å². The SMILES string of the molecule is Cc1c(COc2cc(OCc3cncc(C#N)c3)c(CN3CCCC[C@H]3C(=O)O)cc2Cl)cccc1-c1cccc(OCCCN2CCC[C@@H](O)C2)c1. The molecule has 3 heterocycles. The number of rotatable bonds is 15. The Morgan fingerprint density at radius 3 is 2.64 bits per heavy atom. The predicted octanol–water partition coefficient (Wildman–Crippen LogP) is 7.40. The normalized spacial score (nSPS) is 17.9. The molecule has 6 rings (SSSR count). The van der Waals surface area contributed by atoms with Crippen molar-refractivity contribution in [2.75, 3.05) is 32.8 Å². The summed E-state index contributed by atoms with van der Waals surface area (Å²) in [5, 5.41) is 29.6. The zero-order chi connectivity index (χ0) is 37.2. The van der Waals surface area contributed by atoms with Gasteiger partial charge in [-0.15, -0.1) is 0 Å². The van der Waals surface area contributed by atoms with Gasteiger partial charge in [0.05, 0.1) is 23.3 Å². The van der Waals surface area contributed by atoms with Gasteiger partial charge in [0.2, 0.25) is 0 Å². The molecule has 2 N–H and O–H groups in total. The van der Waals surface area contributed by atoms with Crippen LogP contribution in [0.5, 0.6) is 17.2 Å². The summed E-state index contributed by atoms with van der Waals surface area (Å²) in [6, 6.07) is 21.1. The fourth-order valence-electron chi connectivity index (χ4n) is 7.19. The number of carboxylic acid groups (broad SMARTS) is 1. The van der Waals surface area contributed by atoms with E-state index in [2.05, 4.69) is 41.1 Å². The minimum atomic E-state index is -0.833. The van der Waals surface area contributed by atoms with Crippen molar-refractivity contribution in [2.45, 2.75) is 77.4 Å². The van der Waals surface area contributed by atoms with Gasteiger partial charge in [0.25, 0.3) is 0 Å². The van der Waals surface area contributed by atoms with Crippen molar-refractivity contribution in [3.63, 3.8) is 0 Å². The summed E-state index contributed by atoms with van der Waals surface area (Å²) in [6.07, 6.45) is 8.14. The number of ether oxygens (including phenoxy) is 3. The second-order valence-corrected chi connectivity index (χ2v) is 14.3. The highest BCUT2D eigenvalue weighted by Gasteiger charge is 2.29. The molecule has 0 saturated carbocycles. The Morgan fingerprint density at radius 2 is 1.81 bits per heavy atom. The van der Waals surface area contributed by atoms with Gasteiger partial charge in [-0.2, -0.15) is 5.26 Å².